The second-order valence-corrected chi connectivity index (χ2v) is 4.73. The fourth-order valence-electron chi connectivity index (χ4n) is 2.17. The first-order valence-electron chi connectivity index (χ1n) is 6.81. The van der Waals surface area contributed by atoms with Gasteiger partial charge in [-0.25, -0.2) is 0 Å². The molecule has 0 heterocycles. The number of nitrogens with zero attached hydrogens (tertiary/aromatic N) is 1. The molecule has 1 atom stereocenters. The quantitative estimate of drug-likeness (QED) is 0.874. The van der Waals surface area contributed by atoms with Gasteiger partial charge in [0, 0.05) is 5.69 Å². The summed E-state index contributed by atoms with van der Waals surface area (Å²) in [6.07, 6.45) is 0.883. The second kappa shape index (κ2) is 6.67. The number of rotatable bonds is 5. The van der Waals surface area contributed by atoms with Crippen LogP contribution in [-0.4, -0.2) is 12.2 Å². The molecule has 0 amide bonds. The standard InChI is InChI=1S/C17H18N2O2/c1-3-15(13-6-9-16(20)17(10-13)21-2)19-14-7-4-12(11-18)5-8-14/h4-10,15,19-20H,3H2,1-2H3. The first-order valence-corrected chi connectivity index (χ1v) is 6.81. The van der Waals surface area contributed by atoms with Crippen LogP contribution in [0.3, 0.4) is 0 Å². The summed E-state index contributed by atoms with van der Waals surface area (Å²) in [5.41, 5.74) is 2.63. The van der Waals surface area contributed by atoms with Crippen LogP contribution in [0.5, 0.6) is 11.5 Å². The van der Waals surface area contributed by atoms with E-state index in [1.807, 2.05) is 24.3 Å². The molecule has 0 aliphatic rings. The van der Waals surface area contributed by atoms with Crippen molar-refractivity contribution in [1.82, 2.24) is 0 Å². The molecule has 0 saturated carbocycles. The number of phenols is 1. The zero-order chi connectivity index (χ0) is 15.2. The Labute approximate surface area is 124 Å². The molecule has 2 aromatic rings. The lowest BCUT2D eigenvalue weighted by Crippen LogP contribution is -2.09. The Bertz CT molecular complexity index is 645. The number of aromatic hydroxyl groups is 1. The molecule has 0 aliphatic heterocycles. The van der Waals surface area contributed by atoms with E-state index in [2.05, 4.69) is 18.3 Å². The molecule has 0 bridgehead atoms. The van der Waals surface area contributed by atoms with Crippen molar-refractivity contribution < 1.29 is 9.84 Å². The van der Waals surface area contributed by atoms with Crippen molar-refractivity contribution in [2.45, 2.75) is 19.4 Å². The molecule has 0 aromatic heterocycles. The van der Waals surface area contributed by atoms with E-state index in [0.717, 1.165) is 17.7 Å². The van der Waals surface area contributed by atoms with Crippen LogP contribution >= 0.6 is 0 Å². The molecule has 1 unspecified atom stereocenters. The highest BCUT2D eigenvalue weighted by atomic mass is 16.5. The number of benzene rings is 2. The van der Waals surface area contributed by atoms with E-state index in [0.29, 0.717) is 11.3 Å². The number of hydrogen-bond acceptors (Lipinski definition) is 4. The van der Waals surface area contributed by atoms with Gasteiger partial charge in [-0.05, 0) is 48.4 Å². The minimum atomic E-state index is 0.104. The molecule has 2 N–H and O–H groups in total. The normalized spacial score (nSPS) is 11.5. The first kappa shape index (κ1) is 14.7. The van der Waals surface area contributed by atoms with Crippen molar-refractivity contribution in [3.8, 4) is 17.6 Å². The smallest absolute Gasteiger partial charge is 0.160 e. The molecule has 2 rings (SSSR count). The third-order valence-electron chi connectivity index (χ3n) is 3.37. The first-order chi connectivity index (χ1) is 10.2. The van der Waals surface area contributed by atoms with Crippen molar-refractivity contribution in [2.24, 2.45) is 0 Å². The molecule has 21 heavy (non-hydrogen) atoms. The molecule has 108 valence electrons. The van der Waals surface area contributed by atoms with Gasteiger partial charge in [-0.2, -0.15) is 5.26 Å². The Morgan fingerprint density at radius 3 is 2.52 bits per heavy atom. The highest BCUT2D eigenvalue weighted by molar-refractivity contribution is 5.50. The van der Waals surface area contributed by atoms with Crippen molar-refractivity contribution in [1.29, 1.82) is 5.26 Å². The van der Waals surface area contributed by atoms with Gasteiger partial charge >= 0.3 is 0 Å². The SMILES string of the molecule is CCC(Nc1ccc(C#N)cc1)c1ccc(O)c(OC)c1. The van der Waals surface area contributed by atoms with E-state index >= 15 is 0 Å². The summed E-state index contributed by atoms with van der Waals surface area (Å²) in [5, 5.41) is 21.9. The number of hydrogen-bond donors (Lipinski definition) is 2. The summed E-state index contributed by atoms with van der Waals surface area (Å²) in [7, 11) is 1.54. The number of nitrogens with one attached hydrogen (secondary N) is 1. The number of methoxy groups -OCH3 is 1. The fraction of sp³-hybridized carbons (Fsp3) is 0.235. The Morgan fingerprint density at radius 2 is 1.95 bits per heavy atom. The Hall–Kier alpha value is -2.67. The van der Waals surface area contributed by atoms with Crippen molar-refractivity contribution >= 4 is 5.69 Å². The molecular weight excluding hydrogens is 264 g/mol. The lowest BCUT2D eigenvalue weighted by atomic mass is 10.0. The predicted molar refractivity (Wildman–Crippen MR) is 82.5 cm³/mol. The Kier molecular flexibility index (Phi) is 4.68. The lowest BCUT2D eigenvalue weighted by molar-refractivity contribution is 0.372. The number of anilines is 1. The molecule has 0 aliphatic carbocycles. The summed E-state index contributed by atoms with van der Waals surface area (Å²) in [6.45, 7) is 2.08. The molecule has 0 spiro atoms. The summed E-state index contributed by atoms with van der Waals surface area (Å²) >= 11 is 0. The largest absolute Gasteiger partial charge is 0.504 e. The van der Waals surface area contributed by atoms with Crippen LogP contribution in [0.2, 0.25) is 0 Å². The summed E-state index contributed by atoms with van der Waals surface area (Å²) in [4.78, 5) is 0. The van der Waals surface area contributed by atoms with Crippen molar-refractivity contribution in [3.05, 3.63) is 53.6 Å². The number of ether oxygens (including phenoxy) is 1. The van der Waals surface area contributed by atoms with E-state index in [9.17, 15) is 5.11 Å². The monoisotopic (exact) mass is 282 g/mol. The lowest BCUT2D eigenvalue weighted by Gasteiger charge is -2.19. The highest BCUT2D eigenvalue weighted by Gasteiger charge is 2.12. The number of nitriles is 1. The summed E-state index contributed by atoms with van der Waals surface area (Å²) in [6, 6.07) is 14.9. The van der Waals surface area contributed by atoms with Crippen molar-refractivity contribution in [2.75, 3.05) is 12.4 Å². The van der Waals surface area contributed by atoms with Crippen LogP contribution in [0.1, 0.15) is 30.5 Å². The molecule has 0 radical (unpaired) electrons. The van der Waals surface area contributed by atoms with Gasteiger partial charge in [0.25, 0.3) is 0 Å². The molecule has 0 saturated heterocycles. The molecule has 4 nitrogen and oxygen atoms in total. The van der Waals surface area contributed by atoms with Crippen molar-refractivity contribution in [3.63, 3.8) is 0 Å². The average Bonchev–Trinajstić information content (AvgIpc) is 2.54. The van der Waals surface area contributed by atoms with Gasteiger partial charge in [0.2, 0.25) is 0 Å². The van der Waals surface area contributed by atoms with Gasteiger partial charge in [-0.3, -0.25) is 0 Å². The Balaban J connectivity index is 2.21. The van der Waals surface area contributed by atoms with Crippen LogP contribution < -0.4 is 10.1 Å². The highest BCUT2D eigenvalue weighted by Crippen LogP contribution is 2.31. The molecular formula is C17H18N2O2. The van der Waals surface area contributed by atoms with Crippen LogP contribution in [0.4, 0.5) is 5.69 Å². The zero-order valence-corrected chi connectivity index (χ0v) is 12.1. The number of phenolic OH excluding ortho intramolecular Hbond substituents is 1. The maximum absolute atomic E-state index is 9.66. The second-order valence-electron chi connectivity index (χ2n) is 4.73. The fourth-order valence-corrected chi connectivity index (χ4v) is 2.17. The minimum absolute atomic E-state index is 0.104. The van der Waals surface area contributed by atoms with Gasteiger partial charge in [0.1, 0.15) is 0 Å². The van der Waals surface area contributed by atoms with Crippen LogP contribution in [0.25, 0.3) is 0 Å². The predicted octanol–water partition coefficient (Wildman–Crippen LogP) is 3.84. The maximum Gasteiger partial charge on any atom is 0.160 e. The van der Waals surface area contributed by atoms with E-state index in [1.165, 1.54) is 7.11 Å². The molecule has 4 heteroatoms. The average molecular weight is 282 g/mol. The van der Waals surface area contributed by atoms with Crippen LogP contribution in [0, 0.1) is 11.3 Å². The minimum Gasteiger partial charge on any atom is -0.504 e. The van der Waals surface area contributed by atoms with Crippen LogP contribution in [0.15, 0.2) is 42.5 Å². The third kappa shape index (κ3) is 3.46. The van der Waals surface area contributed by atoms with Gasteiger partial charge in [-0.15, -0.1) is 0 Å². The zero-order valence-electron chi connectivity index (χ0n) is 12.1. The maximum atomic E-state index is 9.66. The summed E-state index contributed by atoms with van der Waals surface area (Å²) < 4.78 is 5.15. The topological polar surface area (TPSA) is 65.3 Å². The van der Waals surface area contributed by atoms with Crippen LogP contribution in [-0.2, 0) is 0 Å². The van der Waals surface area contributed by atoms with Gasteiger partial charge < -0.3 is 15.2 Å². The molecule has 2 aromatic carbocycles. The van der Waals surface area contributed by atoms with Gasteiger partial charge in [0.05, 0.1) is 24.8 Å². The van der Waals surface area contributed by atoms with Gasteiger partial charge in [0.15, 0.2) is 11.5 Å². The molecule has 0 fully saturated rings. The third-order valence-corrected chi connectivity index (χ3v) is 3.37. The van der Waals surface area contributed by atoms with E-state index in [4.69, 9.17) is 10.00 Å². The van der Waals surface area contributed by atoms with E-state index < -0.39 is 0 Å². The van der Waals surface area contributed by atoms with E-state index in [1.54, 1.807) is 18.2 Å². The Morgan fingerprint density at radius 1 is 1.24 bits per heavy atom. The van der Waals surface area contributed by atoms with E-state index in [-0.39, 0.29) is 11.8 Å². The summed E-state index contributed by atoms with van der Waals surface area (Å²) in [5.74, 6) is 0.599. The van der Waals surface area contributed by atoms with Gasteiger partial charge in [-0.1, -0.05) is 13.0 Å².